The lowest BCUT2D eigenvalue weighted by molar-refractivity contribution is 0.0733. The van der Waals surface area contributed by atoms with E-state index in [1.165, 1.54) is 12.5 Å². The Kier molecular flexibility index (Phi) is 2.74. The molecule has 0 fully saturated rings. The average molecular weight is 223 g/mol. The van der Waals surface area contributed by atoms with Crippen molar-refractivity contribution in [2.75, 3.05) is 0 Å². The number of furan rings is 1. The van der Waals surface area contributed by atoms with Crippen LogP contribution in [0, 0.1) is 0 Å². The van der Waals surface area contributed by atoms with Crippen LogP contribution in [0.4, 0.5) is 0 Å². The Bertz CT molecular complexity index is 445. The minimum Gasteiger partial charge on any atom is -0.469 e. The van der Waals surface area contributed by atoms with Crippen molar-refractivity contribution in [3.8, 4) is 5.75 Å². The molecule has 1 heterocycles. The largest absolute Gasteiger partial charge is 0.469 e. The molecule has 0 aliphatic heterocycles. The summed E-state index contributed by atoms with van der Waals surface area (Å²) in [7, 11) is 0. The number of hydrogen-bond acceptors (Lipinski definition) is 3. The summed E-state index contributed by atoms with van der Waals surface area (Å²) >= 11 is 5.69. The van der Waals surface area contributed by atoms with Crippen molar-refractivity contribution in [1.29, 1.82) is 0 Å². The molecule has 0 amide bonds. The van der Waals surface area contributed by atoms with E-state index in [0.29, 0.717) is 16.3 Å². The van der Waals surface area contributed by atoms with E-state index in [0.717, 1.165) is 0 Å². The summed E-state index contributed by atoms with van der Waals surface area (Å²) in [6, 6.07) is 8.03. The van der Waals surface area contributed by atoms with Gasteiger partial charge in [-0.05, 0) is 24.3 Å². The fraction of sp³-hybridized carbons (Fsp3) is 0. The van der Waals surface area contributed by atoms with E-state index in [4.69, 9.17) is 20.8 Å². The smallest absolute Gasteiger partial charge is 0.343 e. The van der Waals surface area contributed by atoms with E-state index in [2.05, 4.69) is 0 Å². The maximum atomic E-state index is 11.5. The topological polar surface area (TPSA) is 39.4 Å². The Balaban J connectivity index is 2.11. The highest BCUT2D eigenvalue weighted by atomic mass is 35.5. The van der Waals surface area contributed by atoms with Gasteiger partial charge in [0.2, 0.25) is 0 Å². The molecule has 0 aliphatic rings. The number of carbonyl (C=O) groups is 1. The molecule has 0 atom stereocenters. The van der Waals surface area contributed by atoms with Gasteiger partial charge in [-0.2, -0.15) is 0 Å². The maximum absolute atomic E-state index is 11.5. The van der Waals surface area contributed by atoms with Gasteiger partial charge in [0.1, 0.15) is 6.26 Å². The normalized spacial score (nSPS) is 9.93. The van der Waals surface area contributed by atoms with Crippen LogP contribution in [0.2, 0.25) is 5.02 Å². The predicted octanol–water partition coefficient (Wildman–Crippen LogP) is 3.15. The van der Waals surface area contributed by atoms with Gasteiger partial charge < -0.3 is 9.15 Å². The number of halogens is 1. The second kappa shape index (κ2) is 4.19. The zero-order chi connectivity index (χ0) is 10.7. The fourth-order valence-corrected chi connectivity index (χ4v) is 1.19. The predicted molar refractivity (Wildman–Crippen MR) is 55.1 cm³/mol. The first-order valence-electron chi connectivity index (χ1n) is 4.25. The molecule has 2 rings (SSSR count). The molecule has 0 spiro atoms. The Hall–Kier alpha value is -1.74. The summed E-state index contributed by atoms with van der Waals surface area (Å²) in [6.45, 7) is 0. The van der Waals surface area contributed by atoms with Crippen LogP contribution in [0.1, 0.15) is 10.4 Å². The third-order valence-corrected chi connectivity index (χ3v) is 2.04. The molecule has 0 saturated carbocycles. The second-order valence-electron chi connectivity index (χ2n) is 2.86. The molecule has 0 radical (unpaired) electrons. The van der Waals surface area contributed by atoms with Crippen molar-refractivity contribution in [2.45, 2.75) is 0 Å². The third-order valence-electron chi connectivity index (χ3n) is 1.79. The van der Waals surface area contributed by atoms with E-state index in [1.54, 1.807) is 30.3 Å². The van der Waals surface area contributed by atoms with Gasteiger partial charge in [-0.1, -0.05) is 11.6 Å². The maximum Gasteiger partial charge on any atom is 0.343 e. The highest BCUT2D eigenvalue weighted by Gasteiger charge is 2.08. The highest BCUT2D eigenvalue weighted by molar-refractivity contribution is 6.30. The van der Waals surface area contributed by atoms with E-state index in [1.807, 2.05) is 0 Å². The van der Waals surface area contributed by atoms with Crippen molar-refractivity contribution in [1.82, 2.24) is 0 Å². The molecule has 0 N–H and O–H groups in total. The molecule has 76 valence electrons. The first-order chi connectivity index (χ1) is 7.25. The van der Waals surface area contributed by atoms with Crippen LogP contribution < -0.4 is 4.74 Å². The summed E-state index contributed by atoms with van der Waals surface area (Å²) in [4.78, 5) is 11.5. The first-order valence-corrected chi connectivity index (χ1v) is 4.63. The van der Waals surface area contributed by atoms with Crippen LogP contribution in [0.25, 0.3) is 0 Å². The van der Waals surface area contributed by atoms with Crippen molar-refractivity contribution in [3.05, 3.63) is 53.4 Å². The molecule has 3 nitrogen and oxygen atoms in total. The SMILES string of the molecule is O=C(Oc1ccoc1)c1ccc(Cl)cc1. The number of hydrogen-bond donors (Lipinski definition) is 0. The standard InChI is InChI=1S/C11H7ClO3/c12-9-3-1-8(2-4-9)11(13)15-10-5-6-14-7-10/h1-7H. The van der Waals surface area contributed by atoms with Crippen molar-refractivity contribution in [2.24, 2.45) is 0 Å². The molecular formula is C11H7ClO3. The number of ether oxygens (including phenoxy) is 1. The zero-order valence-corrected chi connectivity index (χ0v) is 8.40. The van der Waals surface area contributed by atoms with Crippen molar-refractivity contribution >= 4 is 17.6 Å². The van der Waals surface area contributed by atoms with Crippen LogP contribution in [-0.4, -0.2) is 5.97 Å². The van der Waals surface area contributed by atoms with Gasteiger partial charge in [-0.25, -0.2) is 4.79 Å². The summed E-state index contributed by atoms with van der Waals surface area (Å²) in [6.07, 6.45) is 2.79. The Morgan fingerprint density at radius 3 is 2.53 bits per heavy atom. The molecule has 1 aromatic carbocycles. The quantitative estimate of drug-likeness (QED) is 0.733. The zero-order valence-electron chi connectivity index (χ0n) is 7.64. The van der Waals surface area contributed by atoms with Crippen LogP contribution >= 0.6 is 11.6 Å². The summed E-state index contributed by atoms with van der Waals surface area (Å²) in [5.74, 6) is -0.0528. The average Bonchev–Trinajstić information content (AvgIpc) is 2.71. The third kappa shape index (κ3) is 2.39. The lowest BCUT2D eigenvalue weighted by Gasteiger charge is -2.00. The van der Waals surface area contributed by atoms with E-state index >= 15 is 0 Å². The van der Waals surface area contributed by atoms with Gasteiger partial charge in [0.15, 0.2) is 5.75 Å². The van der Waals surface area contributed by atoms with Crippen LogP contribution in [-0.2, 0) is 0 Å². The minimum absolute atomic E-state index is 0.384. The number of rotatable bonds is 2. The van der Waals surface area contributed by atoms with Crippen LogP contribution in [0.15, 0.2) is 47.3 Å². The summed E-state index contributed by atoms with van der Waals surface area (Å²) in [5, 5.41) is 0.579. The Labute approximate surface area is 91.2 Å². The van der Waals surface area contributed by atoms with Crippen molar-refractivity contribution < 1.29 is 13.9 Å². The molecular weight excluding hydrogens is 216 g/mol. The molecule has 15 heavy (non-hydrogen) atoms. The fourth-order valence-electron chi connectivity index (χ4n) is 1.06. The van der Waals surface area contributed by atoms with Gasteiger partial charge in [0.25, 0.3) is 0 Å². The van der Waals surface area contributed by atoms with E-state index in [9.17, 15) is 4.79 Å². The van der Waals surface area contributed by atoms with Gasteiger partial charge >= 0.3 is 5.97 Å². The first kappa shape index (κ1) is 9.80. The molecule has 2 aromatic rings. The minimum atomic E-state index is -0.437. The molecule has 4 heteroatoms. The monoisotopic (exact) mass is 222 g/mol. The summed E-state index contributed by atoms with van der Waals surface area (Å²) in [5.41, 5.74) is 0.445. The lowest BCUT2D eigenvalue weighted by atomic mass is 10.2. The van der Waals surface area contributed by atoms with Crippen molar-refractivity contribution in [3.63, 3.8) is 0 Å². The van der Waals surface area contributed by atoms with Gasteiger partial charge in [-0.15, -0.1) is 0 Å². The molecule has 0 aliphatic carbocycles. The highest BCUT2D eigenvalue weighted by Crippen LogP contribution is 2.14. The Morgan fingerprint density at radius 1 is 1.20 bits per heavy atom. The molecule has 0 bridgehead atoms. The molecule has 1 aromatic heterocycles. The molecule has 0 unspecified atom stereocenters. The lowest BCUT2D eigenvalue weighted by Crippen LogP contribution is -2.07. The second-order valence-corrected chi connectivity index (χ2v) is 3.29. The number of benzene rings is 1. The van der Waals surface area contributed by atoms with Gasteiger partial charge in [0.05, 0.1) is 11.8 Å². The molecule has 0 saturated heterocycles. The van der Waals surface area contributed by atoms with Crippen LogP contribution in [0.5, 0.6) is 5.75 Å². The van der Waals surface area contributed by atoms with Crippen LogP contribution in [0.3, 0.4) is 0 Å². The van der Waals surface area contributed by atoms with Gasteiger partial charge in [-0.3, -0.25) is 0 Å². The number of esters is 1. The van der Waals surface area contributed by atoms with E-state index < -0.39 is 5.97 Å². The number of carbonyl (C=O) groups excluding carboxylic acids is 1. The van der Waals surface area contributed by atoms with Gasteiger partial charge in [0, 0.05) is 11.1 Å². The summed E-state index contributed by atoms with van der Waals surface area (Å²) < 4.78 is 9.78. The Morgan fingerprint density at radius 2 is 1.93 bits per heavy atom. The van der Waals surface area contributed by atoms with E-state index in [-0.39, 0.29) is 0 Å².